The van der Waals surface area contributed by atoms with Crippen molar-refractivity contribution >= 4 is 17.6 Å². The molecule has 1 aromatic rings. The van der Waals surface area contributed by atoms with Gasteiger partial charge < -0.3 is 16.0 Å². The van der Waals surface area contributed by atoms with E-state index in [9.17, 15) is 4.79 Å². The molecule has 5 heteroatoms. The van der Waals surface area contributed by atoms with Crippen LogP contribution in [0.1, 0.15) is 52.0 Å². The summed E-state index contributed by atoms with van der Waals surface area (Å²) in [5.74, 6) is 1.86. The first-order valence-corrected chi connectivity index (χ1v) is 9.50. The lowest BCUT2D eigenvalue weighted by Gasteiger charge is -2.24. The number of aliphatic imine (C=N–C) groups is 1. The van der Waals surface area contributed by atoms with E-state index in [1.54, 1.807) is 0 Å². The molecule has 1 aromatic carbocycles. The number of nitrogens with one attached hydrogen (secondary N) is 3. The third-order valence-electron chi connectivity index (χ3n) is 4.45. The Labute approximate surface area is 151 Å². The molecule has 138 valence electrons. The molecule has 0 spiro atoms. The first-order valence-electron chi connectivity index (χ1n) is 9.50. The van der Waals surface area contributed by atoms with Gasteiger partial charge in [0.2, 0.25) is 5.91 Å². The number of hydrogen-bond donors (Lipinski definition) is 3. The van der Waals surface area contributed by atoms with Crippen molar-refractivity contribution in [3.63, 3.8) is 0 Å². The van der Waals surface area contributed by atoms with Gasteiger partial charge in [-0.15, -0.1) is 0 Å². The van der Waals surface area contributed by atoms with Crippen LogP contribution >= 0.6 is 0 Å². The van der Waals surface area contributed by atoms with Crippen molar-refractivity contribution in [1.29, 1.82) is 0 Å². The number of hydrogen-bond acceptors (Lipinski definition) is 2. The summed E-state index contributed by atoms with van der Waals surface area (Å²) in [5.41, 5.74) is 1.95. The SMILES string of the molecule is CCNC(=NCc1cccc(NC(=O)C2CCC2)c1)NCCC(C)C. The normalized spacial score (nSPS) is 15.0. The molecular formula is C20H32N4O. The summed E-state index contributed by atoms with van der Waals surface area (Å²) in [6.45, 7) is 8.84. The van der Waals surface area contributed by atoms with Crippen molar-refractivity contribution in [2.75, 3.05) is 18.4 Å². The van der Waals surface area contributed by atoms with Gasteiger partial charge in [-0.2, -0.15) is 0 Å². The Morgan fingerprint density at radius 2 is 2.08 bits per heavy atom. The Morgan fingerprint density at radius 1 is 1.28 bits per heavy atom. The molecule has 1 saturated carbocycles. The standard InChI is InChI=1S/C20H32N4O/c1-4-21-20(22-12-11-15(2)3)23-14-16-7-5-10-18(13-16)24-19(25)17-8-6-9-17/h5,7,10,13,15,17H,4,6,8-9,11-12,14H2,1-3H3,(H,24,25)(H2,21,22,23). The van der Waals surface area contributed by atoms with E-state index in [1.165, 1.54) is 6.42 Å². The van der Waals surface area contributed by atoms with E-state index in [2.05, 4.69) is 41.7 Å². The number of guanidine groups is 1. The topological polar surface area (TPSA) is 65.5 Å². The first kappa shape index (κ1) is 19.3. The van der Waals surface area contributed by atoms with Crippen molar-refractivity contribution in [2.45, 2.75) is 53.0 Å². The van der Waals surface area contributed by atoms with E-state index in [-0.39, 0.29) is 11.8 Å². The van der Waals surface area contributed by atoms with Gasteiger partial charge >= 0.3 is 0 Å². The second kappa shape index (κ2) is 10.1. The second-order valence-corrected chi connectivity index (χ2v) is 7.12. The molecule has 0 aromatic heterocycles. The molecule has 3 N–H and O–H groups in total. The lowest BCUT2D eigenvalue weighted by Crippen LogP contribution is -2.38. The molecule has 0 heterocycles. The molecule has 1 aliphatic rings. The van der Waals surface area contributed by atoms with Crippen molar-refractivity contribution in [1.82, 2.24) is 10.6 Å². The largest absolute Gasteiger partial charge is 0.357 e. The quantitative estimate of drug-likeness (QED) is 0.499. The van der Waals surface area contributed by atoms with Gasteiger partial charge in [0.25, 0.3) is 0 Å². The van der Waals surface area contributed by atoms with Crippen LogP contribution < -0.4 is 16.0 Å². The summed E-state index contributed by atoms with van der Waals surface area (Å²) in [4.78, 5) is 16.7. The Hall–Kier alpha value is -2.04. The van der Waals surface area contributed by atoms with Gasteiger partial charge in [-0.1, -0.05) is 32.4 Å². The first-order chi connectivity index (χ1) is 12.1. The van der Waals surface area contributed by atoms with Crippen LogP contribution in [0, 0.1) is 11.8 Å². The summed E-state index contributed by atoms with van der Waals surface area (Å²) >= 11 is 0. The van der Waals surface area contributed by atoms with Gasteiger partial charge in [-0.3, -0.25) is 4.79 Å². The molecule has 1 aliphatic carbocycles. The Morgan fingerprint density at radius 3 is 2.72 bits per heavy atom. The molecule has 2 rings (SSSR count). The van der Waals surface area contributed by atoms with Crippen LogP contribution in [0.4, 0.5) is 5.69 Å². The number of amides is 1. The predicted octanol–water partition coefficient (Wildman–Crippen LogP) is 3.53. The number of carbonyl (C=O) groups is 1. The minimum absolute atomic E-state index is 0.149. The highest BCUT2D eigenvalue weighted by Gasteiger charge is 2.25. The van der Waals surface area contributed by atoms with Crippen LogP contribution in [0.2, 0.25) is 0 Å². The van der Waals surface area contributed by atoms with Crippen molar-refractivity contribution < 1.29 is 4.79 Å². The summed E-state index contributed by atoms with van der Waals surface area (Å²) in [6, 6.07) is 7.97. The number of rotatable bonds is 8. The number of benzene rings is 1. The molecule has 0 radical (unpaired) electrons. The minimum Gasteiger partial charge on any atom is -0.357 e. The lowest BCUT2D eigenvalue weighted by molar-refractivity contribution is -0.122. The maximum absolute atomic E-state index is 12.1. The number of nitrogens with zero attached hydrogens (tertiary/aromatic N) is 1. The molecule has 25 heavy (non-hydrogen) atoms. The van der Waals surface area contributed by atoms with Crippen LogP contribution in [0.3, 0.4) is 0 Å². The molecule has 1 amide bonds. The van der Waals surface area contributed by atoms with Crippen LogP contribution in [-0.4, -0.2) is 25.0 Å². The van der Waals surface area contributed by atoms with Gasteiger partial charge in [-0.25, -0.2) is 4.99 Å². The van der Waals surface area contributed by atoms with Gasteiger partial charge in [0.15, 0.2) is 5.96 Å². The molecule has 0 bridgehead atoms. The average molecular weight is 345 g/mol. The van der Waals surface area contributed by atoms with E-state index >= 15 is 0 Å². The number of anilines is 1. The fraction of sp³-hybridized carbons (Fsp3) is 0.600. The Kier molecular flexibility index (Phi) is 7.76. The zero-order valence-corrected chi connectivity index (χ0v) is 15.8. The van der Waals surface area contributed by atoms with Gasteiger partial charge in [0.1, 0.15) is 0 Å². The van der Waals surface area contributed by atoms with Gasteiger partial charge in [0.05, 0.1) is 6.54 Å². The minimum atomic E-state index is 0.149. The van der Waals surface area contributed by atoms with E-state index in [4.69, 9.17) is 0 Å². The fourth-order valence-corrected chi connectivity index (χ4v) is 2.65. The highest BCUT2D eigenvalue weighted by molar-refractivity contribution is 5.93. The third kappa shape index (κ3) is 6.77. The van der Waals surface area contributed by atoms with Gasteiger partial charge in [0, 0.05) is 24.7 Å². The lowest BCUT2D eigenvalue weighted by atomic mass is 9.85. The van der Waals surface area contributed by atoms with Crippen molar-refractivity contribution in [2.24, 2.45) is 16.8 Å². The summed E-state index contributed by atoms with van der Waals surface area (Å²) in [5, 5.41) is 9.67. The Balaban J connectivity index is 1.90. The maximum atomic E-state index is 12.1. The fourth-order valence-electron chi connectivity index (χ4n) is 2.65. The molecule has 1 fully saturated rings. The zero-order valence-electron chi connectivity index (χ0n) is 15.8. The Bertz CT molecular complexity index is 579. The average Bonchev–Trinajstić information content (AvgIpc) is 2.51. The number of carbonyl (C=O) groups excluding carboxylic acids is 1. The third-order valence-corrected chi connectivity index (χ3v) is 4.45. The van der Waals surface area contributed by atoms with Crippen LogP contribution in [0.5, 0.6) is 0 Å². The maximum Gasteiger partial charge on any atom is 0.227 e. The molecule has 5 nitrogen and oxygen atoms in total. The predicted molar refractivity (Wildman–Crippen MR) is 105 cm³/mol. The van der Waals surface area contributed by atoms with Crippen molar-refractivity contribution in [3.05, 3.63) is 29.8 Å². The van der Waals surface area contributed by atoms with E-state index in [0.29, 0.717) is 12.5 Å². The summed E-state index contributed by atoms with van der Waals surface area (Å²) in [7, 11) is 0. The van der Waals surface area contributed by atoms with E-state index in [0.717, 1.165) is 49.6 Å². The zero-order chi connectivity index (χ0) is 18.1. The van der Waals surface area contributed by atoms with Crippen LogP contribution in [0.25, 0.3) is 0 Å². The molecule has 0 atom stereocenters. The van der Waals surface area contributed by atoms with E-state index < -0.39 is 0 Å². The highest BCUT2D eigenvalue weighted by atomic mass is 16.1. The smallest absolute Gasteiger partial charge is 0.227 e. The monoisotopic (exact) mass is 344 g/mol. The molecular weight excluding hydrogens is 312 g/mol. The van der Waals surface area contributed by atoms with Gasteiger partial charge in [-0.05, 0) is 49.8 Å². The van der Waals surface area contributed by atoms with Crippen LogP contribution in [0.15, 0.2) is 29.3 Å². The summed E-state index contributed by atoms with van der Waals surface area (Å²) in [6.07, 6.45) is 4.32. The van der Waals surface area contributed by atoms with Crippen molar-refractivity contribution in [3.8, 4) is 0 Å². The van der Waals surface area contributed by atoms with E-state index in [1.807, 2.05) is 24.3 Å². The second-order valence-electron chi connectivity index (χ2n) is 7.12. The molecule has 0 aliphatic heterocycles. The molecule has 0 saturated heterocycles. The van der Waals surface area contributed by atoms with Crippen LogP contribution in [-0.2, 0) is 11.3 Å². The highest BCUT2D eigenvalue weighted by Crippen LogP contribution is 2.27. The summed E-state index contributed by atoms with van der Waals surface area (Å²) < 4.78 is 0. The molecule has 0 unspecified atom stereocenters.